The van der Waals surface area contributed by atoms with Gasteiger partial charge in [-0.2, -0.15) is 0 Å². The maximum absolute atomic E-state index is 12.1. The van der Waals surface area contributed by atoms with E-state index in [0.717, 1.165) is 12.8 Å². The van der Waals surface area contributed by atoms with E-state index in [2.05, 4.69) is 30.3 Å². The first kappa shape index (κ1) is 13.5. The van der Waals surface area contributed by atoms with Crippen LogP contribution in [-0.4, -0.2) is 6.67 Å². The fourth-order valence-corrected chi connectivity index (χ4v) is 2.12. The minimum absolute atomic E-state index is 0.222. The molecule has 0 radical (unpaired) electrons. The van der Waals surface area contributed by atoms with Gasteiger partial charge in [0.25, 0.3) is 0 Å². The van der Waals surface area contributed by atoms with Gasteiger partial charge in [-0.1, -0.05) is 66.7 Å². The average molecular weight is 254 g/mol. The molecule has 0 atom stereocenters. The second-order valence-corrected chi connectivity index (χ2v) is 4.53. The van der Waals surface area contributed by atoms with Gasteiger partial charge in [0.2, 0.25) is 0 Å². The molecule has 0 saturated carbocycles. The molecule has 2 rings (SSSR count). The van der Waals surface area contributed by atoms with Crippen molar-refractivity contribution in [2.45, 2.75) is 19.3 Å². The zero-order chi connectivity index (χ0) is 13.3. The van der Waals surface area contributed by atoms with Crippen LogP contribution in [0, 0.1) is 0 Å². The van der Waals surface area contributed by atoms with Crippen molar-refractivity contribution < 1.29 is 4.39 Å². The predicted octanol–water partition coefficient (Wildman–Crippen LogP) is 5.26. The second-order valence-electron chi connectivity index (χ2n) is 4.53. The van der Waals surface area contributed by atoms with E-state index in [1.807, 2.05) is 36.4 Å². The molecule has 19 heavy (non-hydrogen) atoms. The Balaban J connectivity index is 2.24. The summed E-state index contributed by atoms with van der Waals surface area (Å²) in [5.74, 6) is 0. The SMILES string of the molecule is FCCCCC=C(c1ccccc1)c1ccccc1. The van der Waals surface area contributed by atoms with E-state index in [1.54, 1.807) is 0 Å². The van der Waals surface area contributed by atoms with E-state index in [0.29, 0.717) is 6.42 Å². The van der Waals surface area contributed by atoms with Gasteiger partial charge in [-0.15, -0.1) is 0 Å². The third kappa shape index (κ3) is 4.06. The molecule has 0 heterocycles. The number of hydrogen-bond donors (Lipinski definition) is 0. The molecule has 0 aliphatic rings. The second kappa shape index (κ2) is 7.52. The van der Waals surface area contributed by atoms with Crippen LogP contribution < -0.4 is 0 Å². The minimum atomic E-state index is -0.222. The monoisotopic (exact) mass is 254 g/mol. The summed E-state index contributed by atoms with van der Waals surface area (Å²) in [5, 5.41) is 0. The van der Waals surface area contributed by atoms with E-state index in [4.69, 9.17) is 0 Å². The minimum Gasteiger partial charge on any atom is -0.251 e. The molecule has 0 spiro atoms. The summed E-state index contributed by atoms with van der Waals surface area (Å²) in [6.07, 6.45) is 4.69. The lowest BCUT2D eigenvalue weighted by atomic mass is 9.96. The normalized spacial score (nSPS) is 10.2. The largest absolute Gasteiger partial charge is 0.251 e. The topological polar surface area (TPSA) is 0 Å². The molecular weight excluding hydrogens is 235 g/mol. The lowest BCUT2D eigenvalue weighted by Gasteiger charge is -2.08. The van der Waals surface area contributed by atoms with Crippen LogP contribution in [-0.2, 0) is 0 Å². The van der Waals surface area contributed by atoms with Crippen LogP contribution in [0.3, 0.4) is 0 Å². The summed E-state index contributed by atoms with van der Waals surface area (Å²) in [6.45, 7) is -0.222. The molecule has 2 aromatic rings. The lowest BCUT2D eigenvalue weighted by molar-refractivity contribution is 0.463. The van der Waals surface area contributed by atoms with E-state index in [9.17, 15) is 4.39 Å². The number of benzene rings is 2. The Kier molecular flexibility index (Phi) is 5.36. The molecule has 1 heteroatoms. The van der Waals surface area contributed by atoms with Gasteiger partial charge in [0.1, 0.15) is 0 Å². The number of hydrogen-bond acceptors (Lipinski definition) is 0. The molecule has 98 valence electrons. The first-order valence-corrected chi connectivity index (χ1v) is 6.79. The standard InChI is InChI=1S/C18H19F/c19-15-9-3-8-14-18(16-10-4-1-5-11-16)17-12-6-2-7-13-17/h1-2,4-7,10-14H,3,8-9,15H2. The summed E-state index contributed by atoms with van der Waals surface area (Å²) < 4.78 is 12.1. The molecule has 0 N–H and O–H groups in total. The van der Waals surface area contributed by atoms with Crippen LogP contribution in [0.2, 0.25) is 0 Å². The Bertz CT molecular complexity index is 458. The Hall–Kier alpha value is -1.89. The Labute approximate surface area is 114 Å². The number of allylic oxidation sites excluding steroid dienone is 1. The summed E-state index contributed by atoms with van der Waals surface area (Å²) >= 11 is 0. The molecule has 0 aliphatic carbocycles. The summed E-state index contributed by atoms with van der Waals surface area (Å²) in [4.78, 5) is 0. The van der Waals surface area contributed by atoms with Crippen LogP contribution in [0.4, 0.5) is 4.39 Å². The van der Waals surface area contributed by atoms with E-state index in [1.165, 1.54) is 16.7 Å². The molecule has 0 bridgehead atoms. The van der Waals surface area contributed by atoms with Gasteiger partial charge < -0.3 is 0 Å². The van der Waals surface area contributed by atoms with Gasteiger partial charge in [-0.25, -0.2) is 0 Å². The third-order valence-corrected chi connectivity index (χ3v) is 3.11. The summed E-state index contributed by atoms with van der Waals surface area (Å²) in [7, 11) is 0. The maximum Gasteiger partial charge on any atom is 0.0894 e. The first-order chi connectivity index (χ1) is 9.42. The van der Waals surface area contributed by atoms with Crippen molar-refractivity contribution in [3.8, 4) is 0 Å². The number of unbranched alkanes of at least 4 members (excludes halogenated alkanes) is 2. The van der Waals surface area contributed by atoms with Crippen molar-refractivity contribution in [1.29, 1.82) is 0 Å². The number of rotatable bonds is 6. The van der Waals surface area contributed by atoms with Gasteiger partial charge in [0, 0.05) is 0 Å². The number of alkyl halides is 1. The van der Waals surface area contributed by atoms with E-state index >= 15 is 0 Å². The molecule has 0 aromatic heterocycles. The smallest absolute Gasteiger partial charge is 0.0894 e. The Morgan fingerprint density at radius 2 is 1.32 bits per heavy atom. The van der Waals surface area contributed by atoms with Crippen LogP contribution >= 0.6 is 0 Å². The van der Waals surface area contributed by atoms with Crippen molar-refractivity contribution in [3.05, 3.63) is 77.9 Å². The van der Waals surface area contributed by atoms with Gasteiger partial charge in [0.15, 0.2) is 0 Å². The highest BCUT2D eigenvalue weighted by atomic mass is 19.1. The Morgan fingerprint density at radius 3 is 1.79 bits per heavy atom. The summed E-state index contributed by atoms with van der Waals surface area (Å²) in [6, 6.07) is 20.7. The van der Waals surface area contributed by atoms with E-state index in [-0.39, 0.29) is 6.67 Å². The van der Waals surface area contributed by atoms with Crippen molar-refractivity contribution in [1.82, 2.24) is 0 Å². The van der Waals surface area contributed by atoms with Gasteiger partial charge >= 0.3 is 0 Å². The molecule has 0 unspecified atom stereocenters. The van der Waals surface area contributed by atoms with Crippen molar-refractivity contribution in [3.63, 3.8) is 0 Å². The summed E-state index contributed by atoms with van der Waals surface area (Å²) in [5.41, 5.74) is 3.67. The maximum atomic E-state index is 12.1. The zero-order valence-corrected chi connectivity index (χ0v) is 11.1. The van der Waals surface area contributed by atoms with Crippen molar-refractivity contribution in [2.75, 3.05) is 6.67 Å². The molecule has 0 saturated heterocycles. The quantitative estimate of drug-likeness (QED) is 0.617. The highest BCUT2D eigenvalue weighted by molar-refractivity contribution is 5.79. The van der Waals surface area contributed by atoms with Gasteiger partial charge in [-0.05, 0) is 36.0 Å². The van der Waals surface area contributed by atoms with Crippen LogP contribution in [0.15, 0.2) is 66.7 Å². The molecule has 0 nitrogen and oxygen atoms in total. The highest BCUT2D eigenvalue weighted by Gasteiger charge is 2.03. The average Bonchev–Trinajstić information content (AvgIpc) is 2.49. The fraction of sp³-hybridized carbons (Fsp3) is 0.222. The predicted molar refractivity (Wildman–Crippen MR) is 79.8 cm³/mol. The van der Waals surface area contributed by atoms with Gasteiger partial charge in [-0.3, -0.25) is 4.39 Å². The Morgan fingerprint density at radius 1 is 0.789 bits per heavy atom. The highest BCUT2D eigenvalue weighted by Crippen LogP contribution is 2.24. The molecule has 0 amide bonds. The van der Waals surface area contributed by atoms with Crippen molar-refractivity contribution in [2.24, 2.45) is 0 Å². The number of halogens is 1. The molecule has 0 aliphatic heterocycles. The van der Waals surface area contributed by atoms with Gasteiger partial charge in [0.05, 0.1) is 6.67 Å². The van der Waals surface area contributed by atoms with Crippen LogP contribution in [0.5, 0.6) is 0 Å². The van der Waals surface area contributed by atoms with Crippen molar-refractivity contribution >= 4 is 5.57 Å². The third-order valence-electron chi connectivity index (χ3n) is 3.11. The van der Waals surface area contributed by atoms with E-state index < -0.39 is 0 Å². The molecule has 0 fully saturated rings. The first-order valence-electron chi connectivity index (χ1n) is 6.79. The fourth-order valence-electron chi connectivity index (χ4n) is 2.12. The lowest BCUT2D eigenvalue weighted by Crippen LogP contribution is -1.88. The van der Waals surface area contributed by atoms with Crippen LogP contribution in [0.1, 0.15) is 30.4 Å². The van der Waals surface area contributed by atoms with Crippen LogP contribution in [0.25, 0.3) is 5.57 Å². The molecular formula is C18H19F. The molecule has 2 aromatic carbocycles. The zero-order valence-electron chi connectivity index (χ0n) is 11.1.